The lowest BCUT2D eigenvalue weighted by molar-refractivity contribution is -0.0492. The van der Waals surface area contributed by atoms with Crippen LogP contribution in [0.15, 0.2) is 72.9 Å². The lowest BCUT2D eigenvalue weighted by Gasteiger charge is -2.34. The first kappa shape index (κ1) is 22.1. The van der Waals surface area contributed by atoms with Crippen molar-refractivity contribution in [2.24, 2.45) is 0 Å². The third-order valence-corrected chi connectivity index (χ3v) is 6.93. The molecule has 0 aliphatic carbocycles. The van der Waals surface area contributed by atoms with Crippen molar-refractivity contribution >= 4 is 21.4 Å². The van der Waals surface area contributed by atoms with E-state index in [9.17, 15) is 21.6 Å². The smallest absolute Gasteiger partial charge is 0.399 e. The lowest BCUT2D eigenvalue weighted by Crippen LogP contribution is -2.43. The number of rotatable bonds is 4. The molecule has 6 nitrogen and oxygen atoms in total. The summed E-state index contributed by atoms with van der Waals surface area (Å²) in [6.45, 7) is -0.521. The fraction of sp³-hybridized carbons (Fsp3) is 0.227. The molecule has 32 heavy (non-hydrogen) atoms. The monoisotopic (exact) mass is 462 g/mol. The van der Waals surface area contributed by atoms with Crippen LogP contribution in [0.1, 0.15) is 22.9 Å². The third-order valence-electron chi connectivity index (χ3n) is 5.39. The summed E-state index contributed by atoms with van der Waals surface area (Å²) in [7, 11) is -5.54. The van der Waals surface area contributed by atoms with Gasteiger partial charge in [0.1, 0.15) is 0 Å². The largest absolute Gasteiger partial charge is 0.511 e. The molecular formula is C22H21F3N4O2S. The number of aromatic nitrogens is 1. The average molecular weight is 462 g/mol. The van der Waals surface area contributed by atoms with Gasteiger partial charge in [-0.2, -0.15) is 17.5 Å². The van der Waals surface area contributed by atoms with Crippen molar-refractivity contribution in [3.05, 3.63) is 89.7 Å². The number of nitrogens with zero attached hydrogens (tertiary/aromatic N) is 3. The fourth-order valence-corrected chi connectivity index (χ4v) is 4.82. The van der Waals surface area contributed by atoms with E-state index in [1.165, 1.54) is 0 Å². The van der Waals surface area contributed by atoms with Crippen molar-refractivity contribution < 1.29 is 21.6 Å². The Morgan fingerprint density at radius 1 is 1.03 bits per heavy atom. The van der Waals surface area contributed by atoms with E-state index in [0.29, 0.717) is 32.5 Å². The highest BCUT2D eigenvalue weighted by molar-refractivity contribution is 7.89. The summed E-state index contributed by atoms with van der Waals surface area (Å²) >= 11 is 0. The highest BCUT2D eigenvalue weighted by atomic mass is 32.2. The molecule has 2 aromatic carbocycles. The highest BCUT2D eigenvalue weighted by Crippen LogP contribution is 2.39. The molecule has 0 bridgehead atoms. The van der Waals surface area contributed by atoms with E-state index in [-0.39, 0.29) is 19.6 Å². The number of anilines is 2. The maximum absolute atomic E-state index is 13.5. The van der Waals surface area contributed by atoms with Gasteiger partial charge in [0.15, 0.2) is 0 Å². The summed E-state index contributed by atoms with van der Waals surface area (Å²) in [6, 6.07) is 18.4. The SMILES string of the molecule is Nc1ccnc(CN2c3ccccc3CN(S(=O)(=O)C(F)(F)F)C[C@H]2c2ccccc2)c1. The fourth-order valence-electron chi connectivity index (χ4n) is 3.88. The zero-order valence-electron chi connectivity index (χ0n) is 16.9. The topological polar surface area (TPSA) is 79.5 Å². The number of nitrogen functional groups attached to an aromatic ring is 1. The van der Waals surface area contributed by atoms with Crippen molar-refractivity contribution in [2.45, 2.75) is 24.6 Å². The predicted molar refractivity (Wildman–Crippen MR) is 116 cm³/mol. The van der Waals surface area contributed by atoms with Gasteiger partial charge in [0.2, 0.25) is 0 Å². The first-order chi connectivity index (χ1) is 15.2. The normalized spacial score (nSPS) is 17.6. The number of halogens is 3. The second-order valence-corrected chi connectivity index (χ2v) is 9.44. The lowest BCUT2D eigenvalue weighted by atomic mass is 10.0. The Morgan fingerprint density at radius 3 is 2.41 bits per heavy atom. The molecule has 0 saturated carbocycles. The summed E-state index contributed by atoms with van der Waals surface area (Å²) in [5.74, 6) is 0. The van der Waals surface area contributed by atoms with E-state index in [1.807, 2.05) is 4.90 Å². The van der Waals surface area contributed by atoms with Gasteiger partial charge in [-0.25, -0.2) is 8.42 Å². The first-order valence-corrected chi connectivity index (χ1v) is 11.3. The van der Waals surface area contributed by atoms with Gasteiger partial charge in [-0.05, 0) is 29.3 Å². The summed E-state index contributed by atoms with van der Waals surface area (Å²) in [5.41, 5.74) is 3.43. The number of hydrogen-bond acceptors (Lipinski definition) is 5. The van der Waals surface area contributed by atoms with Crippen LogP contribution in [0.25, 0.3) is 0 Å². The van der Waals surface area contributed by atoms with E-state index in [2.05, 4.69) is 4.98 Å². The number of benzene rings is 2. The number of sulfonamides is 1. The molecule has 0 radical (unpaired) electrons. The molecule has 0 saturated heterocycles. The minimum atomic E-state index is -5.54. The van der Waals surface area contributed by atoms with Crippen LogP contribution in [-0.4, -0.2) is 29.8 Å². The second-order valence-electron chi connectivity index (χ2n) is 7.51. The first-order valence-electron chi connectivity index (χ1n) is 9.83. The van der Waals surface area contributed by atoms with Gasteiger partial charge in [0.25, 0.3) is 0 Å². The van der Waals surface area contributed by atoms with E-state index in [4.69, 9.17) is 5.73 Å². The van der Waals surface area contributed by atoms with Gasteiger partial charge < -0.3 is 10.6 Å². The Hall–Kier alpha value is -3.11. The van der Waals surface area contributed by atoms with E-state index in [1.54, 1.807) is 72.9 Å². The molecule has 1 aliphatic heterocycles. The Kier molecular flexibility index (Phi) is 5.83. The Balaban J connectivity index is 1.87. The molecule has 3 aromatic rings. The standard InChI is InChI=1S/C22H21F3N4O2S/c23-22(24,25)32(30,31)28-13-17-8-4-5-9-20(17)29(14-19-12-18(26)10-11-27-19)21(15-28)16-6-2-1-3-7-16/h1-12,21H,13-15H2,(H2,26,27)/t21-/m0/s1. The average Bonchev–Trinajstić information content (AvgIpc) is 2.91. The molecule has 4 rings (SSSR count). The predicted octanol–water partition coefficient (Wildman–Crippen LogP) is 4.08. The highest BCUT2D eigenvalue weighted by Gasteiger charge is 2.51. The van der Waals surface area contributed by atoms with Crippen LogP contribution in [0.4, 0.5) is 24.5 Å². The van der Waals surface area contributed by atoms with Gasteiger partial charge in [-0.15, -0.1) is 0 Å². The summed E-state index contributed by atoms with van der Waals surface area (Å²) < 4.78 is 65.8. The van der Waals surface area contributed by atoms with Crippen molar-refractivity contribution in [2.75, 3.05) is 17.2 Å². The number of hydrogen-bond donors (Lipinski definition) is 1. The molecule has 1 atom stereocenters. The number of nitrogens with two attached hydrogens (primary N) is 1. The van der Waals surface area contributed by atoms with Crippen molar-refractivity contribution in [1.29, 1.82) is 0 Å². The molecule has 1 aromatic heterocycles. The van der Waals surface area contributed by atoms with E-state index in [0.717, 1.165) is 0 Å². The molecule has 0 spiro atoms. The number of para-hydroxylation sites is 1. The molecular weight excluding hydrogens is 441 g/mol. The van der Waals surface area contributed by atoms with Crippen LogP contribution in [0.5, 0.6) is 0 Å². The summed E-state index contributed by atoms with van der Waals surface area (Å²) in [6.07, 6.45) is 1.56. The van der Waals surface area contributed by atoms with E-state index < -0.39 is 21.6 Å². The minimum absolute atomic E-state index is 0.238. The van der Waals surface area contributed by atoms with Crippen LogP contribution >= 0.6 is 0 Å². The number of pyridine rings is 1. The molecule has 10 heteroatoms. The van der Waals surface area contributed by atoms with E-state index >= 15 is 0 Å². The zero-order valence-corrected chi connectivity index (χ0v) is 17.7. The minimum Gasteiger partial charge on any atom is -0.399 e. The Morgan fingerprint density at radius 2 is 1.72 bits per heavy atom. The van der Waals surface area contributed by atoms with Gasteiger partial charge in [0, 0.05) is 30.7 Å². The van der Waals surface area contributed by atoms with Crippen molar-refractivity contribution in [1.82, 2.24) is 9.29 Å². The Bertz CT molecular complexity index is 1200. The maximum atomic E-state index is 13.5. The van der Waals surface area contributed by atoms with Crippen LogP contribution in [0.3, 0.4) is 0 Å². The summed E-state index contributed by atoms with van der Waals surface area (Å²) in [4.78, 5) is 6.23. The second kappa shape index (κ2) is 8.44. The zero-order chi connectivity index (χ0) is 22.9. The van der Waals surface area contributed by atoms with Gasteiger partial charge >= 0.3 is 15.5 Å². The molecule has 1 aliphatic rings. The van der Waals surface area contributed by atoms with Crippen LogP contribution in [-0.2, 0) is 23.1 Å². The number of alkyl halides is 3. The van der Waals surface area contributed by atoms with Crippen molar-refractivity contribution in [3.63, 3.8) is 0 Å². The molecule has 2 heterocycles. The summed E-state index contributed by atoms with van der Waals surface area (Å²) in [5, 5.41) is 0. The van der Waals surface area contributed by atoms with Gasteiger partial charge in [0.05, 0.1) is 18.3 Å². The molecule has 0 fully saturated rings. The van der Waals surface area contributed by atoms with Crippen LogP contribution in [0, 0.1) is 0 Å². The molecule has 168 valence electrons. The van der Waals surface area contributed by atoms with Gasteiger partial charge in [-0.1, -0.05) is 48.5 Å². The molecule has 0 amide bonds. The number of fused-ring (bicyclic) bond motifs is 1. The Labute approximate surface area is 184 Å². The maximum Gasteiger partial charge on any atom is 0.511 e. The van der Waals surface area contributed by atoms with Gasteiger partial charge in [-0.3, -0.25) is 4.98 Å². The third kappa shape index (κ3) is 4.28. The van der Waals surface area contributed by atoms with Crippen molar-refractivity contribution in [3.8, 4) is 0 Å². The van der Waals surface area contributed by atoms with Crippen LogP contribution in [0.2, 0.25) is 0 Å². The molecule has 2 N–H and O–H groups in total. The van der Waals surface area contributed by atoms with Crippen LogP contribution < -0.4 is 10.6 Å². The quantitative estimate of drug-likeness (QED) is 0.632. The molecule has 0 unspecified atom stereocenters.